The zero-order chi connectivity index (χ0) is 13.4. The molecular formula is C15H19BrFNO. The molecule has 2 aliphatic rings. The highest BCUT2D eigenvalue weighted by Gasteiger charge is 2.43. The first kappa shape index (κ1) is 13.5. The molecule has 2 nitrogen and oxygen atoms in total. The average Bonchev–Trinajstić information content (AvgIpc) is 3.02. The molecule has 0 amide bonds. The van der Waals surface area contributed by atoms with Gasteiger partial charge in [0.15, 0.2) is 0 Å². The highest BCUT2D eigenvalue weighted by atomic mass is 79.9. The summed E-state index contributed by atoms with van der Waals surface area (Å²) in [5.41, 5.74) is 1.03. The SMILES string of the molecule is CNC(Cc1cc(F)ccc1Br)C1CC2CCC1O2. The minimum absolute atomic E-state index is 0.169. The predicted molar refractivity (Wildman–Crippen MR) is 76.7 cm³/mol. The smallest absolute Gasteiger partial charge is 0.123 e. The Hall–Kier alpha value is -0.450. The molecule has 2 fully saturated rings. The Morgan fingerprint density at radius 2 is 2.32 bits per heavy atom. The third-order valence-corrected chi connectivity index (χ3v) is 5.26. The van der Waals surface area contributed by atoms with Crippen LogP contribution >= 0.6 is 15.9 Å². The summed E-state index contributed by atoms with van der Waals surface area (Å²) in [5, 5.41) is 3.40. The summed E-state index contributed by atoms with van der Waals surface area (Å²) in [5.74, 6) is 0.385. The largest absolute Gasteiger partial charge is 0.375 e. The summed E-state index contributed by atoms with van der Waals surface area (Å²) in [6.45, 7) is 0. The van der Waals surface area contributed by atoms with Crippen LogP contribution in [0.5, 0.6) is 0 Å². The molecule has 0 aliphatic carbocycles. The van der Waals surface area contributed by atoms with Gasteiger partial charge in [-0.2, -0.15) is 0 Å². The second-order valence-corrected chi connectivity index (χ2v) is 6.46. The predicted octanol–water partition coefficient (Wildman–Crippen LogP) is 3.29. The van der Waals surface area contributed by atoms with Gasteiger partial charge in [-0.05, 0) is 56.5 Å². The number of halogens is 2. The quantitative estimate of drug-likeness (QED) is 0.916. The van der Waals surface area contributed by atoms with E-state index in [9.17, 15) is 4.39 Å². The molecular weight excluding hydrogens is 309 g/mol. The van der Waals surface area contributed by atoms with Gasteiger partial charge < -0.3 is 10.1 Å². The highest BCUT2D eigenvalue weighted by molar-refractivity contribution is 9.10. The molecule has 1 aromatic rings. The molecule has 1 N–H and O–H groups in total. The summed E-state index contributed by atoms with van der Waals surface area (Å²) in [6, 6.07) is 5.26. The van der Waals surface area contributed by atoms with E-state index in [2.05, 4.69) is 21.2 Å². The molecule has 0 spiro atoms. The second kappa shape index (κ2) is 5.51. The van der Waals surface area contributed by atoms with Gasteiger partial charge in [-0.15, -0.1) is 0 Å². The van der Waals surface area contributed by atoms with Crippen molar-refractivity contribution in [3.63, 3.8) is 0 Å². The van der Waals surface area contributed by atoms with Gasteiger partial charge >= 0.3 is 0 Å². The molecule has 4 atom stereocenters. The molecule has 104 valence electrons. The molecule has 0 radical (unpaired) electrons. The van der Waals surface area contributed by atoms with E-state index in [1.165, 1.54) is 18.9 Å². The first-order valence-corrected chi connectivity index (χ1v) is 7.73. The molecule has 2 saturated heterocycles. The number of ether oxygens (including phenoxy) is 1. The molecule has 0 aromatic heterocycles. The normalized spacial score (nSPS) is 30.8. The van der Waals surface area contributed by atoms with E-state index in [-0.39, 0.29) is 5.82 Å². The standard InChI is InChI=1S/C15H19BrFNO/c1-18-14(12-8-11-3-5-15(12)19-11)7-9-6-10(17)2-4-13(9)16/h2,4,6,11-12,14-15,18H,3,5,7-8H2,1H3. The lowest BCUT2D eigenvalue weighted by Gasteiger charge is -2.28. The third-order valence-electron chi connectivity index (χ3n) is 4.49. The molecule has 19 heavy (non-hydrogen) atoms. The maximum absolute atomic E-state index is 13.4. The summed E-state index contributed by atoms with van der Waals surface area (Å²) >= 11 is 3.51. The van der Waals surface area contributed by atoms with E-state index in [1.54, 1.807) is 12.1 Å². The molecule has 2 bridgehead atoms. The van der Waals surface area contributed by atoms with Crippen molar-refractivity contribution in [2.45, 2.75) is 43.9 Å². The fourth-order valence-corrected chi connectivity index (χ4v) is 3.91. The van der Waals surface area contributed by atoms with Crippen LogP contribution < -0.4 is 5.32 Å². The molecule has 2 heterocycles. The van der Waals surface area contributed by atoms with Crippen LogP contribution in [0.25, 0.3) is 0 Å². The number of fused-ring (bicyclic) bond motifs is 2. The summed E-state index contributed by atoms with van der Waals surface area (Å²) < 4.78 is 20.3. The number of hydrogen-bond acceptors (Lipinski definition) is 2. The Morgan fingerprint density at radius 3 is 2.95 bits per heavy atom. The zero-order valence-corrected chi connectivity index (χ0v) is 12.6. The fraction of sp³-hybridized carbons (Fsp3) is 0.600. The lowest BCUT2D eigenvalue weighted by Crippen LogP contribution is -2.40. The van der Waals surface area contributed by atoms with Crippen LogP contribution in [0, 0.1) is 11.7 Å². The Balaban J connectivity index is 1.74. The molecule has 1 aromatic carbocycles. The molecule has 4 unspecified atom stereocenters. The van der Waals surface area contributed by atoms with Crippen LogP contribution in [0.3, 0.4) is 0 Å². The maximum Gasteiger partial charge on any atom is 0.123 e. The van der Waals surface area contributed by atoms with E-state index in [4.69, 9.17) is 4.74 Å². The zero-order valence-electron chi connectivity index (χ0n) is 11.0. The van der Waals surface area contributed by atoms with Crippen LogP contribution in [0.15, 0.2) is 22.7 Å². The van der Waals surface area contributed by atoms with Crippen molar-refractivity contribution in [3.05, 3.63) is 34.1 Å². The van der Waals surface area contributed by atoms with Crippen molar-refractivity contribution < 1.29 is 9.13 Å². The lowest BCUT2D eigenvalue weighted by atomic mass is 9.81. The van der Waals surface area contributed by atoms with E-state index >= 15 is 0 Å². The van der Waals surface area contributed by atoms with Gasteiger partial charge in [0.25, 0.3) is 0 Å². The van der Waals surface area contributed by atoms with Crippen molar-refractivity contribution in [3.8, 4) is 0 Å². The Labute approximate surface area is 121 Å². The Bertz CT molecular complexity index is 467. The third kappa shape index (κ3) is 2.71. The van der Waals surface area contributed by atoms with Crippen LogP contribution in [-0.2, 0) is 11.2 Å². The number of hydrogen-bond donors (Lipinski definition) is 1. The summed E-state index contributed by atoms with van der Waals surface area (Å²) in [6.07, 6.45) is 5.23. The van der Waals surface area contributed by atoms with Gasteiger partial charge in [0.1, 0.15) is 5.82 Å². The fourth-order valence-electron chi connectivity index (χ4n) is 3.50. The highest BCUT2D eigenvalue weighted by Crippen LogP contribution is 2.41. The van der Waals surface area contributed by atoms with Gasteiger partial charge in [0.05, 0.1) is 12.2 Å². The lowest BCUT2D eigenvalue weighted by molar-refractivity contribution is 0.0863. The number of rotatable bonds is 4. The Kier molecular flexibility index (Phi) is 3.92. The van der Waals surface area contributed by atoms with E-state index in [0.717, 1.165) is 22.9 Å². The molecule has 4 heteroatoms. The van der Waals surface area contributed by atoms with Crippen LogP contribution in [0.1, 0.15) is 24.8 Å². The number of benzene rings is 1. The van der Waals surface area contributed by atoms with Crippen LogP contribution in [-0.4, -0.2) is 25.3 Å². The van der Waals surface area contributed by atoms with Gasteiger partial charge in [-0.1, -0.05) is 15.9 Å². The number of nitrogens with one attached hydrogen (secondary N) is 1. The molecule has 3 rings (SSSR count). The first-order valence-electron chi connectivity index (χ1n) is 6.94. The van der Waals surface area contributed by atoms with Crippen molar-refractivity contribution in [2.75, 3.05) is 7.05 Å². The monoisotopic (exact) mass is 327 g/mol. The topological polar surface area (TPSA) is 21.3 Å². The van der Waals surface area contributed by atoms with Gasteiger partial charge in [-0.3, -0.25) is 0 Å². The summed E-state index contributed by atoms with van der Waals surface area (Å²) in [4.78, 5) is 0. The maximum atomic E-state index is 13.4. The van der Waals surface area contributed by atoms with Gasteiger partial charge in [0, 0.05) is 16.4 Å². The van der Waals surface area contributed by atoms with E-state index in [0.29, 0.717) is 24.2 Å². The van der Waals surface area contributed by atoms with Crippen LogP contribution in [0.2, 0.25) is 0 Å². The Morgan fingerprint density at radius 1 is 1.47 bits per heavy atom. The number of likely N-dealkylation sites (N-methyl/N-ethyl adjacent to an activating group) is 1. The van der Waals surface area contributed by atoms with E-state index in [1.807, 2.05) is 7.05 Å². The van der Waals surface area contributed by atoms with Gasteiger partial charge in [-0.25, -0.2) is 4.39 Å². The molecule has 2 aliphatic heterocycles. The van der Waals surface area contributed by atoms with Crippen molar-refractivity contribution in [2.24, 2.45) is 5.92 Å². The van der Waals surface area contributed by atoms with Crippen molar-refractivity contribution >= 4 is 15.9 Å². The van der Waals surface area contributed by atoms with Gasteiger partial charge in [0.2, 0.25) is 0 Å². The molecule has 0 saturated carbocycles. The second-order valence-electron chi connectivity index (χ2n) is 5.61. The first-order chi connectivity index (χ1) is 9.17. The van der Waals surface area contributed by atoms with E-state index < -0.39 is 0 Å². The average molecular weight is 328 g/mol. The summed E-state index contributed by atoms with van der Waals surface area (Å²) in [7, 11) is 1.99. The van der Waals surface area contributed by atoms with Crippen molar-refractivity contribution in [1.29, 1.82) is 0 Å². The minimum atomic E-state index is -0.169. The minimum Gasteiger partial charge on any atom is -0.375 e. The van der Waals surface area contributed by atoms with Crippen molar-refractivity contribution in [1.82, 2.24) is 5.32 Å². The van der Waals surface area contributed by atoms with Crippen LogP contribution in [0.4, 0.5) is 4.39 Å².